The van der Waals surface area contributed by atoms with Crippen LogP contribution in [-0.4, -0.2) is 15.0 Å². The molecule has 0 spiro atoms. The van der Waals surface area contributed by atoms with Gasteiger partial charge in [-0.25, -0.2) is 13.1 Å². The number of anilines is 1. The average Bonchev–Trinajstić information content (AvgIpc) is 2.19. The topological polar surface area (TPSA) is 72.2 Å². The summed E-state index contributed by atoms with van der Waals surface area (Å²) in [6, 6.07) is 6.93. The Bertz CT molecular complexity index is 464. The third-order valence-corrected chi connectivity index (χ3v) is 4.47. The first kappa shape index (κ1) is 12.4. The van der Waals surface area contributed by atoms with Crippen molar-refractivity contribution < 1.29 is 8.42 Å². The number of hydrogen-bond acceptors (Lipinski definition) is 3. The van der Waals surface area contributed by atoms with Crippen LogP contribution < -0.4 is 10.5 Å². The van der Waals surface area contributed by atoms with Gasteiger partial charge in [0.25, 0.3) is 0 Å². The van der Waals surface area contributed by atoms with Gasteiger partial charge in [0.2, 0.25) is 10.0 Å². The lowest BCUT2D eigenvalue weighted by molar-refractivity contribution is 0.316. The standard InChI is InChI=1S/C12H18N2O2S/c13-12-6-4-11(5-7-12)9-17(15,16)14-8-10-2-1-3-10/h4-7,10,14H,1-3,8-9,13H2. The fraction of sp³-hybridized carbons (Fsp3) is 0.500. The van der Waals surface area contributed by atoms with Crippen molar-refractivity contribution in [3.8, 4) is 0 Å². The van der Waals surface area contributed by atoms with E-state index in [1.807, 2.05) is 0 Å². The van der Waals surface area contributed by atoms with Gasteiger partial charge in [0.1, 0.15) is 0 Å². The molecule has 4 nitrogen and oxygen atoms in total. The van der Waals surface area contributed by atoms with E-state index in [0.29, 0.717) is 18.2 Å². The monoisotopic (exact) mass is 254 g/mol. The molecular formula is C12H18N2O2S. The summed E-state index contributed by atoms with van der Waals surface area (Å²) >= 11 is 0. The summed E-state index contributed by atoms with van der Waals surface area (Å²) in [5.41, 5.74) is 6.96. The van der Waals surface area contributed by atoms with Crippen LogP contribution >= 0.6 is 0 Å². The van der Waals surface area contributed by atoms with Crippen LogP contribution in [0.3, 0.4) is 0 Å². The molecule has 2 rings (SSSR count). The number of nitrogens with one attached hydrogen (secondary N) is 1. The molecule has 0 atom stereocenters. The van der Waals surface area contributed by atoms with Gasteiger partial charge in [-0.1, -0.05) is 18.6 Å². The van der Waals surface area contributed by atoms with E-state index in [-0.39, 0.29) is 5.75 Å². The summed E-state index contributed by atoms with van der Waals surface area (Å²) in [6.07, 6.45) is 3.51. The predicted octanol–water partition coefficient (Wildman–Crippen LogP) is 1.49. The van der Waals surface area contributed by atoms with Crippen molar-refractivity contribution in [3.63, 3.8) is 0 Å². The zero-order chi connectivity index (χ0) is 12.3. The number of nitrogens with two attached hydrogens (primary N) is 1. The summed E-state index contributed by atoms with van der Waals surface area (Å²) in [7, 11) is -3.21. The van der Waals surface area contributed by atoms with Gasteiger partial charge in [0.05, 0.1) is 5.75 Å². The van der Waals surface area contributed by atoms with Crippen LogP contribution in [-0.2, 0) is 15.8 Å². The molecular weight excluding hydrogens is 236 g/mol. The van der Waals surface area contributed by atoms with Gasteiger partial charge in [0.15, 0.2) is 0 Å². The predicted molar refractivity (Wildman–Crippen MR) is 68.8 cm³/mol. The van der Waals surface area contributed by atoms with Crippen LogP contribution in [0.1, 0.15) is 24.8 Å². The fourth-order valence-electron chi connectivity index (χ4n) is 1.83. The molecule has 1 aliphatic rings. The van der Waals surface area contributed by atoms with Gasteiger partial charge in [-0.3, -0.25) is 0 Å². The number of nitrogen functional groups attached to an aromatic ring is 1. The van der Waals surface area contributed by atoms with Crippen molar-refractivity contribution in [2.45, 2.75) is 25.0 Å². The van der Waals surface area contributed by atoms with Gasteiger partial charge in [-0.2, -0.15) is 0 Å². The zero-order valence-corrected chi connectivity index (χ0v) is 10.5. The maximum absolute atomic E-state index is 11.8. The summed E-state index contributed by atoms with van der Waals surface area (Å²) in [5.74, 6) is 0.566. The summed E-state index contributed by atoms with van der Waals surface area (Å²) in [4.78, 5) is 0. The quantitative estimate of drug-likeness (QED) is 0.782. The Labute approximate surface area is 102 Å². The van der Waals surface area contributed by atoms with Crippen molar-refractivity contribution in [1.29, 1.82) is 0 Å². The Morgan fingerprint density at radius 2 is 1.88 bits per heavy atom. The molecule has 5 heteroatoms. The molecule has 94 valence electrons. The highest BCUT2D eigenvalue weighted by atomic mass is 32.2. The summed E-state index contributed by atoms with van der Waals surface area (Å²) in [6.45, 7) is 0.581. The molecule has 17 heavy (non-hydrogen) atoms. The Balaban J connectivity index is 1.89. The van der Waals surface area contributed by atoms with E-state index in [4.69, 9.17) is 5.73 Å². The fourth-order valence-corrected chi connectivity index (χ4v) is 3.05. The Morgan fingerprint density at radius 1 is 1.24 bits per heavy atom. The van der Waals surface area contributed by atoms with Gasteiger partial charge in [-0.05, 0) is 36.5 Å². The second-order valence-electron chi connectivity index (χ2n) is 4.65. The van der Waals surface area contributed by atoms with E-state index < -0.39 is 10.0 Å². The van der Waals surface area contributed by atoms with Crippen molar-refractivity contribution in [2.75, 3.05) is 12.3 Å². The van der Waals surface area contributed by atoms with E-state index in [0.717, 1.165) is 18.4 Å². The lowest BCUT2D eigenvalue weighted by Gasteiger charge is -2.25. The van der Waals surface area contributed by atoms with Crippen molar-refractivity contribution >= 4 is 15.7 Å². The average molecular weight is 254 g/mol. The first-order valence-corrected chi connectivity index (χ1v) is 7.52. The molecule has 0 heterocycles. The van der Waals surface area contributed by atoms with Crippen LogP contribution in [0.2, 0.25) is 0 Å². The second-order valence-corrected chi connectivity index (χ2v) is 6.45. The first-order valence-electron chi connectivity index (χ1n) is 5.87. The van der Waals surface area contributed by atoms with Crippen molar-refractivity contribution in [1.82, 2.24) is 4.72 Å². The SMILES string of the molecule is Nc1ccc(CS(=O)(=O)NCC2CCC2)cc1. The maximum atomic E-state index is 11.8. The second kappa shape index (κ2) is 5.06. The lowest BCUT2D eigenvalue weighted by Crippen LogP contribution is -2.32. The molecule has 1 aliphatic carbocycles. The molecule has 1 saturated carbocycles. The largest absolute Gasteiger partial charge is 0.399 e. The molecule has 0 aliphatic heterocycles. The minimum Gasteiger partial charge on any atom is -0.399 e. The Kier molecular flexibility index (Phi) is 3.69. The molecule has 0 radical (unpaired) electrons. The molecule has 1 fully saturated rings. The number of hydrogen-bond donors (Lipinski definition) is 2. The molecule has 1 aromatic rings. The van der Waals surface area contributed by atoms with E-state index >= 15 is 0 Å². The van der Waals surface area contributed by atoms with Crippen LogP contribution in [0.5, 0.6) is 0 Å². The molecule has 0 unspecified atom stereocenters. The number of benzene rings is 1. The van der Waals surface area contributed by atoms with Crippen molar-refractivity contribution in [3.05, 3.63) is 29.8 Å². The van der Waals surface area contributed by atoms with E-state index in [2.05, 4.69) is 4.72 Å². The molecule has 1 aromatic carbocycles. The van der Waals surface area contributed by atoms with Crippen LogP contribution in [0.4, 0.5) is 5.69 Å². The minimum absolute atomic E-state index is 0.0278. The normalized spacial score (nSPS) is 16.7. The van der Waals surface area contributed by atoms with Crippen LogP contribution in [0, 0.1) is 5.92 Å². The van der Waals surface area contributed by atoms with Gasteiger partial charge in [-0.15, -0.1) is 0 Å². The third kappa shape index (κ3) is 3.71. The van der Waals surface area contributed by atoms with Gasteiger partial charge in [0, 0.05) is 12.2 Å². The van der Waals surface area contributed by atoms with E-state index in [9.17, 15) is 8.42 Å². The Morgan fingerprint density at radius 3 is 2.41 bits per heavy atom. The molecule has 0 bridgehead atoms. The lowest BCUT2D eigenvalue weighted by atomic mass is 9.86. The number of sulfonamides is 1. The molecule has 3 N–H and O–H groups in total. The molecule has 0 saturated heterocycles. The molecule has 0 amide bonds. The van der Waals surface area contributed by atoms with E-state index in [1.54, 1.807) is 24.3 Å². The highest BCUT2D eigenvalue weighted by Gasteiger charge is 2.20. The van der Waals surface area contributed by atoms with E-state index in [1.165, 1.54) is 6.42 Å². The summed E-state index contributed by atoms with van der Waals surface area (Å²) < 4.78 is 26.2. The minimum atomic E-state index is -3.21. The molecule has 0 aromatic heterocycles. The van der Waals surface area contributed by atoms with Gasteiger partial charge < -0.3 is 5.73 Å². The van der Waals surface area contributed by atoms with Gasteiger partial charge >= 0.3 is 0 Å². The first-order chi connectivity index (χ1) is 8.05. The summed E-state index contributed by atoms with van der Waals surface area (Å²) in [5, 5.41) is 0. The number of rotatable bonds is 5. The van der Waals surface area contributed by atoms with Crippen LogP contribution in [0.25, 0.3) is 0 Å². The smallest absolute Gasteiger partial charge is 0.215 e. The van der Waals surface area contributed by atoms with Crippen LogP contribution in [0.15, 0.2) is 24.3 Å². The highest BCUT2D eigenvalue weighted by molar-refractivity contribution is 7.88. The Hall–Kier alpha value is -1.07. The third-order valence-electron chi connectivity index (χ3n) is 3.15. The highest BCUT2D eigenvalue weighted by Crippen LogP contribution is 2.25. The zero-order valence-electron chi connectivity index (χ0n) is 9.72. The maximum Gasteiger partial charge on any atom is 0.215 e. The van der Waals surface area contributed by atoms with Crippen molar-refractivity contribution in [2.24, 2.45) is 5.92 Å².